The molecule has 0 aliphatic rings. The Morgan fingerprint density at radius 3 is 2.37 bits per heavy atom. The number of benzene rings is 2. The summed E-state index contributed by atoms with van der Waals surface area (Å²) in [6, 6.07) is 14.2. The molecule has 0 saturated heterocycles. The minimum absolute atomic E-state index is 0.104. The molecule has 38 heavy (non-hydrogen) atoms. The van der Waals surface area contributed by atoms with E-state index in [2.05, 4.69) is 21.2 Å². The number of imidazole rings is 1. The van der Waals surface area contributed by atoms with Crippen LogP contribution in [0.15, 0.2) is 71.9 Å². The van der Waals surface area contributed by atoms with Crippen molar-refractivity contribution in [1.82, 2.24) is 19.5 Å². The van der Waals surface area contributed by atoms with Gasteiger partial charge in [0.05, 0.1) is 18.4 Å². The second-order valence-electron chi connectivity index (χ2n) is 8.99. The van der Waals surface area contributed by atoms with E-state index < -0.39 is 26.6 Å². The molecule has 194 valence electrons. The summed E-state index contributed by atoms with van der Waals surface area (Å²) in [6.45, 7) is 6.62. The van der Waals surface area contributed by atoms with Crippen LogP contribution < -0.4 is 4.72 Å². The number of fused-ring (bicyclic) bond motifs is 1. The number of anilines is 1. The van der Waals surface area contributed by atoms with Crippen LogP contribution in [0.2, 0.25) is 0 Å². The Morgan fingerprint density at radius 2 is 1.68 bits per heavy atom. The molecule has 0 amide bonds. The van der Waals surface area contributed by atoms with Gasteiger partial charge < -0.3 is 4.57 Å². The molecule has 0 unspecified atom stereocenters. The number of aromatic nitrogens is 4. The van der Waals surface area contributed by atoms with Crippen LogP contribution in [0.25, 0.3) is 22.3 Å². The van der Waals surface area contributed by atoms with Crippen LogP contribution in [0.3, 0.4) is 0 Å². The number of aryl methyl sites for hydroxylation is 3. The van der Waals surface area contributed by atoms with E-state index in [0.29, 0.717) is 17.7 Å². The molecular weight excluding hydrogens is 508 g/mol. The third-order valence-electron chi connectivity index (χ3n) is 6.28. The van der Waals surface area contributed by atoms with Crippen LogP contribution in [-0.2, 0) is 23.0 Å². The topological polar surface area (TPSA) is 89.8 Å². The van der Waals surface area contributed by atoms with Crippen molar-refractivity contribution in [3.63, 3.8) is 0 Å². The van der Waals surface area contributed by atoms with Gasteiger partial charge in [-0.15, -0.1) is 0 Å². The molecule has 3 aromatic heterocycles. The number of nitrogens with one attached hydrogen (secondary N) is 1. The number of sulfonamides is 1. The minimum atomic E-state index is -4.54. The fourth-order valence-corrected chi connectivity index (χ4v) is 5.72. The zero-order valence-corrected chi connectivity index (χ0v) is 21.9. The maximum Gasteiger partial charge on any atom is 0.267 e. The van der Waals surface area contributed by atoms with Crippen LogP contribution >= 0.6 is 0 Å². The molecule has 10 heteroatoms. The van der Waals surface area contributed by atoms with E-state index in [4.69, 9.17) is 9.97 Å². The van der Waals surface area contributed by atoms with Gasteiger partial charge in [-0.25, -0.2) is 27.2 Å². The third kappa shape index (κ3) is 4.74. The molecule has 0 aliphatic carbocycles. The van der Waals surface area contributed by atoms with Gasteiger partial charge >= 0.3 is 0 Å². The van der Waals surface area contributed by atoms with Crippen molar-refractivity contribution in [3.05, 3.63) is 101 Å². The standard InChI is InChI=1S/C28H25F2N5O2S/c1-4-25-33-26-17(2)14-18(3)32-28(26)35(25)16-19-8-10-20(11-9-19)21-12-13-31-15-24(21)34-38(36,37)27-22(29)6-5-7-23(27)30/h5-15,34H,4,16H2,1-3H3. The average molecular weight is 534 g/mol. The predicted molar refractivity (Wildman–Crippen MR) is 142 cm³/mol. The summed E-state index contributed by atoms with van der Waals surface area (Å²) < 4.78 is 58.4. The summed E-state index contributed by atoms with van der Waals surface area (Å²) in [6.07, 6.45) is 3.59. The van der Waals surface area contributed by atoms with Crippen molar-refractivity contribution in [2.24, 2.45) is 0 Å². The summed E-state index contributed by atoms with van der Waals surface area (Å²) in [5.74, 6) is -1.41. The van der Waals surface area contributed by atoms with Crippen molar-refractivity contribution in [2.75, 3.05) is 4.72 Å². The quantitative estimate of drug-likeness (QED) is 0.286. The lowest BCUT2D eigenvalue weighted by molar-refractivity contribution is 0.521. The first-order valence-corrected chi connectivity index (χ1v) is 13.5. The number of nitrogens with zero attached hydrogens (tertiary/aromatic N) is 4. The highest BCUT2D eigenvalue weighted by molar-refractivity contribution is 7.92. The maximum atomic E-state index is 14.2. The Hall–Kier alpha value is -4.18. The molecule has 0 spiro atoms. The first-order chi connectivity index (χ1) is 18.2. The largest absolute Gasteiger partial charge is 0.308 e. The molecule has 0 bridgehead atoms. The van der Waals surface area contributed by atoms with E-state index in [-0.39, 0.29) is 5.69 Å². The van der Waals surface area contributed by atoms with Gasteiger partial charge in [-0.3, -0.25) is 9.71 Å². The second kappa shape index (κ2) is 9.94. The van der Waals surface area contributed by atoms with E-state index >= 15 is 0 Å². The number of hydrogen-bond acceptors (Lipinski definition) is 5. The molecule has 2 aromatic carbocycles. The Labute approximate surface area is 219 Å². The number of pyridine rings is 2. The molecule has 0 saturated carbocycles. The SMILES string of the molecule is CCc1nc2c(C)cc(C)nc2n1Cc1ccc(-c2ccncc2NS(=O)(=O)c2c(F)cccc2F)cc1. The first kappa shape index (κ1) is 25.5. The molecule has 0 aliphatic heterocycles. The molecule has 0 fully saturated rings. The normalized spacial score (nSPS) is 11.7. The van der Waals surface area contributed by atoms with Gasteiger partial charge in [-0.1, -0.05) is 37.3 Å². The predicted octanol–water partition coefficient (Wildman–Crippen LogP) is 5.80. The number of rotatable bonds is 7. The molecule has 1 N–H and O–H groups in total. The third-order valence-corrected chi connectivity index (χ3v) is 7.69. The summed E-state index contributed by atoms with van der Waals surface area (Å²) in [4.78, 5) is 12.5. The number of hydrogen-bond donors (Lipinski definition) is 1. The Balaban J connectivity index is 1.46. The summed E-state index contributed by atoms with van der Waals surface area (Å²) in [5.41, 5.74) is 6.08. The van der Waals surface area contributed by atoms with Gasteiger partial charge in [0.1, 0.15) is 23.0 Å². The van der Waals surface area contributed by atoms with Gasteiger partial charge in [0.25, 0.3) is 10.0 Å². The molecule has 5 aromatic rings. The van der Waals surface area contributed by atoms with Crippen molar-refractivity contribution < 1.29 is 17.2 Å². The maximum absolute atomic E-state index is 14.2. The van der Waals surface area contributed by atoms with Crippen molar-refractivity contribution >= 4 is 26.9 Å². The molecule has 3 heterocycles. The monoisotopic (exact) mass is 533 g/mol. The first-order valence-electron chi connectivity index (χ1n) is 12.0. The molecular formula is C28H25F2N5O2S. The van der Waals surface area contributed by atoms with Gasteiger partial charge in [-0.05, 0) is 54.8 Å². The molecule has 0 radical (unpaired) electrons. The van der Waals surface area contributed by atoms with E-state index in [1.165, 1.54) is 12.4 Å². The highest BCUT2D eigenvalue weighted by Gasteiger charge is 2.25. The van der Waals surface area contributed by atoms with Crippen LogP contribution in [0.4, 0.5) is 14.5 Å². The smallest absolute Gasteiger partial charge is 0.267 e. The summed E-state index contributed by atoms with van der Waals surface area (Å²) in [7, 11) is -4.54. The lowest BCUT2D eigenvalue weighted by Gasteiger charge is -2.14. The zero-order valence-electron chi connectivity index (χ0n) is 21.0. The lowest BCUT2D eigenvalue weighted by Crippen LogP contribution is -2.17. The number of halogens is 2. The summed E-state index contributed by atoms with van der Waals surface area (Å²) in [5, 5.41) is 0. The highest BCUT2D eigenvalue weighted by atomic mass is 32.2. The molecule has 5 rings (SSSR count). The Kier molecular flexibility index (Phi) is 6.66. The van der Waals surface area contributed by atoms with Crippen molar-refractivity contribution in [2.45, 2.75) is 38.6 Å². The van der Waals surface area contributed by atoms with E-state index in [0.717, 1.165) is 58.4 Å². The minimum Gasteiger partial charge on any atom is -0.308 e. The highest BCUT2D eigenvalue weighted by Crippen LogP contribution is 2.31. The van der Waals surface area contributed by atoms with E-state index in [9.17, 15) is 17.2 Å². The fourth-order valence-electron chi connectivity index (χ4n) is 4.52. The molecule has 7 nitrogen and oxygen atoms in total. The van der Waals surface area contributed by atoms with Gasteiger partial charge in [0.15, 0.2) is 10.5 Å². The lowest BCUT2D eigenvalue weighted by atomic mass is 10.0. The summed E-state index contributed by atoms with van der Waals surface area (Å²) >= 11 is 0. The van der Waals surface area contributed by atoms with E-state index in [1.807, 2.05) is 44.2 Å². The van der Waals surface area contributed by atoms with Crippen LogP contribution in [-0.4, -0.2) is 27.9 Å². The van der Waals surface area contributed by atoms with Gasteiger partial charge in [0.2, 0.25) is 0 Å². The zero-order chi connectivity index (χ0) is 27.0. The van der Waals surface area contributed by atoms with Crippen LogP contribution in [0.1, 0.15) is 29.6 Å². The average Bonchev–Trinajstić information content (AvgIpc) is 3.22. The van der Waals surface area contributed by atoms with Gasteiger partial charge in [0, 0.05) is 23.9 Å². The fraction of sp³-hybridized carbons (Fsp3) is 0.179. The van der Waals surface area contributed by atoms with Crippen molar-refractivity contribution in [3.8, 4) is 11.1 Å². The molecule has 0 atom stereocenters. The second-order valence-corrected chi connectivity index (χ2v) is 10.6. The van der Waals surface area contributed by atoms with Crippen molar-refractivity contribution in [1.29, 1.82) is 0 Å². The Bertz CT molecular complexity index is 1750. The van der Waals surface area contributed by atoms with Crippen LogP contribution in [0.5, 0.6) is 0 Å². The van der Waals surface area contributed by atoms with Gasteiger partial charge in [-0.2, -0.15) is 0 Å². The Morgan fingerprint density at radius 1 is 0.974 bits per heavy atom. The van der Waals surface area contributed by atoms with Crippen LogP contribution in [0, 0.1) is 25.5 Å². The van der Waals surface area contributed by atoms with E-state index in [1.54, 1.807) is 6.07 Å².